The maximum atomic E-state index is 13.7. The molecule has 0 saturated carbocycles. The summed E-state index contributed by atoms with van der Waals surface area (Å²) in [7, 11) is 3.76. The standard InChI is InChI=1S/C21H24ClFN4O2/c1-25-7-9-26(10-8-25)19-12-15(3-4-20(19)29-2)24-21(28)27-6-5-14-11-17(23)16(22)13-18(14)27/h3-4,11-13H,5-10H2,1-2H3,(H,24,28). The second kappa shape index (κ2) is 8.08. The number of rotatable bonds is 3. The molecule has 0 aromatic heterocycles. The average Bonchev–Trinajstić information content (AvgIpc) is 3.11. The number of methoxy groups -OCH3 is 1. The first kappa shape index (κ1) is 19.8. The molecule has 1 N–H and O–H groups in total. The molecule has 2 aliphatic heterocycles. The zero-order chi connectivity index (χ0) is 20.5. The number of nitrogens with zero attached hydrogens (tertiary/aromatic N) is 3. The zero-order valence-corrected chi connectivity index (χ0v) is 17.3. The van der Waals surface area contributed by atoms with Crippen molar-refractivity contribution in [3.05, 3.63) is 46.7 Å². The van der Waals surface area contributed by atoms with E-state index in [0.29, 0.717) is 24.3 Å². The second-order valence-corrected chi connectivity index (χ2v) is 7.81. The molecule has 0 radical (unpaired) electrons. The number of fused-ring (bicyclic) bond motifs is 1. The van der Waals surface area contributed by atoms with Crippen molar-refractivity contribution >= 4 is 34.7 Å². The Morgan fingerprint density at radius 2 is 1.86 bits per heavy atom. The number of likely N-dealkylation sites (N-methyl/N-ethyl adjacent to an activating group) is 1. The number of carbonyl (C=O) groups is 1. The zero-order valence-electron chi connectivity index (χ0n) is 16.5. The maximum absolute atomic E-state index is 13.7. The van der Waals surface area contributed by atoms with Crippen molar-refractivity contribution in [3.8, 4) is 5.75 Å². The molecule has 1 fully saturated rings. The maximum Gasteiger partial charge on any atom is 0.326 e. The van der Waals surface area contributed by atoms with Crippen LogP contribution in [0.5, 0.6) is 5.75 Å². The van der Waals surface area contributed by atoms with Crippen molar-refractivity contribution in [1.29, 1.82) is 0 Å². The highest BCUT2D eigenvalue weighted by molar-refractivity contribution is 6.31. The molecule has 154 valence electrons. The lowest BCUT2D eigenvalue weighted by molar-refractivity contribution is 0.257. The van der Waals surface area contributed by atoms with Gasteiger partial charge in [0.2, 0.25) is 0 Å². The molecule has 8 heteroatoms. The third-order valence-corrected chi connectivity index (χ3v) is 5.83. The number of ether oxygens (including phenoxy) is 1. The summed E-state index contributed by atoms with van der Waals surface area (Å²) >= 11 is 5.92. The Morgan fingerprint density at radius 1 is 1.10 bits per heavy atom. The highest BCUT2D eigenvalue weighted by Crippen LogP contribution is 2.35. The molecule has 0 bridgehead atoms. The van der Waals surface area contributed by atoms with Crippen LogP contribution in [0, 0.1) is 5.82 Å². The Hall–Kier alpha value is -2.51. The van der Waals surface area contributed by atoms with Gasteiger partial charge >= 0.3 is 6.03 Å². The van der Waals surface area contributed by atoms with Gasteiger partial charge in [-0.2, -0.15) is 0 Å². The first-order valence-corrected chi connectivity index (χ1v) is 10.0. The van der Waals surface area contributed by atoms with Crippen molar-refractivity contribution in [2.75, 3.05) is 62.0 Å². The van der Waals surface area contributed by atoms with Crippen LogP contribution in [0.3, 0.4) is 0 Å². The summed E-state index contributed by atoms with van der Waals surface area (Å²) in [5.74, 6) is 0.320. The highest BCUT2D eigenvalue weighted by atomic mass is 35.5. The third kappa shape index (κ3) is 3.97. The van der Waals surface area contributed by atoms with Gasteiger partial charge in [-0.05, 0) is 49.4 Å². The fourth-order valence-corrected chi connectivity index (χ4v) is 4.00. The molecule has 0 spiro atoms. The SMILES string of the molecule is COc1ccc(NC(=O)N2CCc3cc(F)c(Cl)cc32)cc1N1CCN(C)CC1. The van der Waals surface area contributed by atoms with Gasteiger partial charge in [-0.1, -0.05) is 11.6 Å². The lowest BCUT2D eigenvalue weighted by Crippen LogP contribution is -2.44. The molecular weight excluding hydrogens is 395 g/mol. The fraction of sp³-hybridized carbons (Fsp3) is 0.381. The number of anilines is 3. The summed E-state index contributed by atoms with van der Waals surface area (Å²) in [6.45, 7) is 4.23. The Kier molecular flexibility index (Phi) is 5.52. The van der Waals surface area contributed by atoms with Crippen LogP contribution in [0.15, 0.2) is 30.3 Å². The number of piperazine rings is 1. The minimum absolute atomic E-state index is 0.0188. The Labute approximate surface area is 174 Å². The molecule has 0 atom stereocenters. The normalized spacial score (nSPS) is 16.7. The van der Waals surface area contributed by atoms with Crippen molar-refractivity contribution < 1.29 is 13.9 Å². The minimum atomic E-state index is -0.459. The van der Waals surface area contributed by atoms with Crippen molar-refractivity contribution in [3.63, 3.8) is 0 Å². The van der Waals surface area contributed by atoms with Gasteiger partial charge < -0.3 is 19.9 Å². The van der Waals surface area contributed by atoms with Gasteiger partial charge in [0.05, 0.1) is 23.5 Å². The van der Waals surface area contributed by atoms with Crippen molar-refractivity contribution in [2.45, 2.75) is 6.42 Å². The van der Waals surface area contributed by atoms with E-state index in [-0.39, 0.29) is 11.1 Å². The summed E-state index contributed by atoms with van der Waals surface area (Å²) in [6, 6.07) is 8.29. The Bertz CT molecular complexity index is 931. The van der Waals surface area contributed by atoms with E-state index in [1.165, 1.54) is 12.1 Å². The van der Waals surface area contributed by atoms with Crippen LogP contribution in [0.1, 0.15) is 5.56 Å². The number of amides is 2. The minimum Gasteiger partial charge on any atom is -0.495 e. The number of hydrogen-bond acceptors (Lipinski definition) is 4. The molecule has 1 saturated heterocycles. The monoisotopic (exact) mass is 418 g/mol. The highest BCUT2D eigenvalue weighted by Gasteiger charge is 2.27. The molecule has 29 heavy (non-hydrogen) atoms. The number of halogens is 2. The Balaban J connectivity index is 1.54. The molecule has 2 amide bonds. The van der Waals surface area contributed by atoms with Crippen LogP contribution in [-0.4, -0.2) is 57.8 Å². The number of benzene rings is 2. The molecule has 2 aromatic carbocycles. The molecule has 2 aliphatic rings. The largest absolute Gasteiger partial charge is 0.495 e. The van der Waals surface area contributed by atoms with E-state index in [2.05, 4.69) is 22.2 Å². The van der Waals surface area contributed by atoms with E-state index >= 15 is 0 Å². The van der Waals surface area contributed by atoms with Gasteiger partial charge in [-0.25, -0.2) is 9.18 Å². The average molecular weight is 419 g/mol. The van der Waals surface area contributed by atoms with Gasteiger partial charge in [-0.15, -0.1) is 0 Å². The Morgan fingerprint density at radius 3 is 2.59 bits per heavy atom. The lowest BCUT2D eigenvalue weighted by atomic mass is 10.1. The van der Waals surface area contributed by atoms with Crippen LogP contribution in [0.25, 0.3) is 0 Å². The van der Waals surface area contributed by atoms with Crippen LogP contribution in [0.4, 0.5) is 26.2 Å². The van der Waals surface area contributed by atoms with Gasteiger partial charge in [0.25, 0.3) is 0 Å². The quantitative estimate of drug-likeness (QED) is 0.822. The summed E-state index contributed by atoms with van der Waals surface area (Å²) < 4.78 is 19.2. The summed E-state index contributed by atoms with van der Waals surface area (Å²) in [4.78, 5) is 19.0. The van der Waals surface area contributed by atoms with E-state index in [1.54, 1.807) is 12.0 Å². The van der Waals surface area contributed by atoms with Gasteiger partial charge in [0.15, 0.2) is 0 Å². The smallest absolute Gasteiger partial charge is 0.326 e. The van der Waals surface area contributed by atoms with Gasteiger partial charge in [-0.3, -0.25) is 4.90 Å². The van der Waals surface area contributed by atoms with Crippen LogP contribution < -0.4 is 19.9 Å². The second-order valence-electron chi connectivity index (χ2n) is 7.40. The molecule has 2 heterocycles. The molecule has 6 nitrogen and oxygen atoms in total. The van der Waals surface area contributed by atoms with Crippen LogP contribution in [0.2, 0.25) is 5.02 Å². The van der Waals surface area contributed by atoms with E-state index in [1.807, 2.05) is 18.2 Å². The summed E-state index contributed by atoms with van der Waals surface area (Å²) in [5, 5.41) is 2.97. The van der Waals surface area contributed by atoms with E-state index < -0.39 is 5.82 Å². The number of nitrogens with one attached hydrogen (secondary N) is 1. The van der Waals surface area contributed by atoms with E-state index in [9.17, 15) is 9.18 Å². The number of urea groups is 1. The molecular formula is C21H24ClFN4O2. The van der Waals surface area contributed by atoms with Crippen LogP contribution in [-0.2, 0) is 6.42 Å². The molecule has 0 unspecified atom stereocenters. The van der Waals surface area contributed by atoms with Gasteiger partial charge in [0, 0.05) is 38.4 Å². The predicted molar refractivity (Wildman–Crippen MR) is 114 cm³/mol. The number of carbonyl (C=O) groups excluding carboxylic acids is 1. The van der Waals surface area contributed by atoms with E-state index in [0.717, 1.165) is 43.2 Å². The topological polar surface area (TPSA) is 48.1 Å². The van der Waals surface area contributed by atoms with Crippen LogP contribution >= 0.6 is 11.6 Å². The third-order valence-electron chi connectivity index (χ3n) is 5.54. The van der Waals surface area contributed by atoms with E-state index in [4.69, 9.17) is 16.3 Å². The van der Waals surface area contributed by atoms with Gasteiger partial charge in [0.1, 0.15) is 11.6 Å². The lowest BCUT2D eigenvalue weighted by Gasteiger charge is -2.35. The first-order valence-electron chi connectivity index (χ1n) is 9.64. The molecule has 4 rings (SSSR count). The predicted octanol–water partition coefficient (Wildman–Crippen LogP) is 3.83. The number of hydrogen-bond donors (Lipinski definition) is 1. The van der Waals surface area contributed by atoms with Crippen molar-refractivity contribution in [2.24, 2.45) is 0 Å². The molecule has 0 aliphatic carbocycles. The first-order chi connectivity index (χ1) is 14.0. The fourth-order valence-electron chi connectivity index (χ4n) is 3.85. The summed E-state index contributed by atoms with van der Waals surface area (Å²) in [6.07, 6.45) is 0.603. The van der Waals surface area contributed by atoms with Crippen molar-refractivity contribution in [1.82, 2.24) is 4.90 Å². The molecule has 2 aromatic rings. The summed E-state index contributed by atoms with van der Waals surface area (Å²) in [5.41, 5.74) is 3.09.